The lowest BCUT2D eigenvalue weighted by Gasteiger charge is -2.36. The zero-order chi connectivity index (χ0) is 20.2. The first-order chi connectivity index (χ1) is 14.1. The van der Waals surface area contributed by atoms with Gasteiger partial charge in [-0.25, -0.2) is 4.39 Å². The van der Waals surface area contributed by atoms with Gasteiger partial charge in [-0.05, 0) is 36.4 Å². The van der Waals surface area contributed by atoms with E-state index in [1.807, 2.05) is 4.90 Å². The highest BCUT2D eigenvalue weighted by Crippen LogP contribution is 2.23. The number of nitrogens with zero attached hydrogens (tertiary/aromatic N) is 2. The third-order valence-electron chi connectivity index (χ3n) is 4.91. The number of nitrogens with one attached hydrogen (secondary N) is 1. The number of para-hydroxylation sites is 2. The summed E-state index contributed by atoms with van der Waals surface area (Å²) in [5.41, 5.74) is 1.38. The van der Waals surface area contributed by atoms with Crippen LogP contribution in [-0.4, -0.2) is 42.9 Å². The van der Waals surface area contributed by atoms with Crippen molar-refractivity contribution < 1.29 is 18.4 Å². The number of amides is 2. The van der Waals surface area contributed by atoms with Crippen molar-refractivity contribution in [2.75, 3.05) is 36.4 Å². The molecule has 0 bridgehead atoms. The predicted octanol–water partition coefficient (Wildman–Crippen LogP) is 3.63. The van der Waals surface area contributed by atoms with Crippen LogP contribution in [0.3, 0.4) is 0 Å². The van der Waals surface area contributed by atoms with E-state index in [1.165, 1.54) is 12.3 Å². The minimum absolute atomic E-state index is 0.172. The standard InChI is InChI=1S/C22H20FN3O3/c23-17-7-2-4-9-19(17)25-11-13-26(14-12-25)22(28)16-6-1-3-8-18(16)24-21(27)20-10-5-15-29-20/h1-10,15H,11-14H2,(H,24,27). The van der Waals surface area contributed by atoms with Crippen LogP contribution in [0.25, 0.3) is 0 Å². The molecule has 1 N–H and O–H groups in total. The molecule has 0 spiro atoms. The largest absolute Gasteiger partial charge is 0.459 e. The summed E-state index contributed by atoms with van der Waals surface area (Å²) >= 11 is 0. The van der Waals surface area contributed by atoms with Crippen LogP contribution in [0.5, 0.6) is 0 Å². The fourth-order valence-electron chi connectivity index (χ4n) is 3.40. The van der Waals surface area contributed by atoms with Crippen molar-refractivity contribution in [1.29, 1.82) is 0 Å². The Balaban J connectivity index is 1.45. The summed E-state index contributed by atoms with van der Waals surface area (Å²) in [6.07, 6.45) is 1.42. The van der Waals surface area contributed by atoms with Crippen LogP contribution in [-0.2, 0) is 0 Å². The number of benzene rings is 2. The van der Waals surface area contributed by atoms with Crippen molar-refractivity contribution in [3.63, 3.8) is 0 Å². The van der Waals surface area contributed by atoms with Crippen molar-refractivity contribution in [1.82, 2.24) is 4.90 Å². The molecule has 1 aliphatic heterocycles. The van der Waals surface area contributed by atoms with E-state index in [9.17, 15) is 14.0 Å². The molecule has 0 radical (unpaired) electrons. The van der Waals surface area contributed by atoms with E-state index in [2.05, 4.69) is 5.32 Å². The summed E-state index contributed by atoms with van der Waals surface area (Å²) in [6, 6.07) is 16.7. The second-order valence-corrected chi connectivity index (χ2v) is 6.71. The van der Waals surface area contributed by atoms with Gasteiger partial charge in [0, 0.05) is 26.2 Å². The molecular weight excluding hydrogens is 373 g/mol. The molecule has 2 amide bonds. The van der Waals surface area contributed by atoms with E-state index < -0.39 is 5.91 Å². The number of rotatable bonds is 4. The van der Waals surface area contributed by atoms with Crippen LogP contribution in [0, 0.1) is 5.82 Å². The summed E-state index contributed by atoms with van der Waals surface area (Å²) < 4.78 is 19.1. The number of hydrogen-bond donors (Lipinski definition) is 1. The zero-order valence-corrected chi connectivity index (χ0v) is 15.7. The average Bonchev–Trinajstić information content (AvgIpc) is 3.29. The van der Waals surface area contributed by atoms with E-state index in [4.69, 9.17) is 4.42 Å². The smallest absolute Gasteiger partial charge is 0.291 e. The van der Waals surface area contributed by atoms with Crippen molar-refractivity contribution in [3.8, 4) is 0 Å². The quantitative estimate of drug-likeness (QED) is 0.735. The van der Waals surface area contributed by atoms with Gasteiger partial charge in [0.05, 0.1) is 23.2 Å². The second kappa shape index (κ2) is 8.18. The number of halogens is 1. The van der Waals surface area contributed by atoms with Gasteiger partial charge >= 0.3 is 0 Å². The van der Waals surface area contributed by atoms with Gasteiger partial charge in [-0.15, -0.1) is 0 Å². The topological polar surface area (TPSA) is 65.8 Å². The Morgan fingerprint density at radius 2 is 1.62 bits per heavy atom. The molecule has 29 heavy (non-hydrogen) atoms. The van der Waals surface area contributed by atoms with Gasteiger partial charge in [-0.2, -0.15) is 0 Å². The number of hydrogen-bond acceptors (Lipinski definition) is 4. The van der Waals surface area contributed by atoms with Gasteiger partial charge in [0.25, 0.3) is 11.8 Å². The molecule has 3 aromatic rings. The SMILES string of the molecule is O=C(Nc1ccccc1C(=O)N1CCN(c2ccccc2F)CC1)c1ccco1. The van der Waals surface area contributed by atoms with E-state index >= 15 is 0 Å². The van der Waals surface area contributed by atoms with Crippen LogP contribution in [0.15, 0.2) is 71.3 Å². The summed E-state index contributed by atoms with van der Waals surface area (Å²) in [6.45, 7) is 2.00. The van der Waals surface area contributed by atoms with Gasteiger partial charge < -0.3 is 19.5 Å². The summed E-state index contributed by atoms with van der Waals surface area (Å²) in [4.78, 5) is 29.0. The zero-order valence-electron chi connectivity index (χ0n) is 15.7. The number of carbonyl (C=O) groups is 2. The lowest BCUT2D eigenvalue weighted by atomic mass is 10.1. The van der Waals surface area contributed by atoms with Crippen molar-refractivity contribution in [3.05, 3.63) is 84.1 Å². The fourth-order valence-corrected chi connectivity index (χ4v) is 3.40. The van der Waals surface area contributed by atoms with Crippen molar-refractivity contribution in [2.45, 2.75) is 0 Å². The van der Waals surface area contributed by atoms with E-state index in [0.717, 1.165) is 0 Å². The van der Waals surface area contributed by atoms with E-state index in [-0.39, 0.29) is 17.5 Å². The van der Waals surface area contributed by atoms with Gasteiger partial charge in [-0.1, -0.05) is 24.3 Å². The molecule has 1 saturated heterocycles. The number of carbonyl (C=O) groups excluding carboxylic acids is 2. The third kappa shape index (κ3) is 3.99. The molecule has 0 aliphatic carbocycles. The lowest BCUT2D eigenvalue weighted by Crippen LogP contribution is -2.49. The molecule has 0 atom stereocenters. The van der Waals surface area contributed by atoms with Crippen molar-refractivity contribution in [2.24, 2.45) is 0 Å². The van der Waals surface area contributed by atoms with Crippen LogP contribution < -0.4 is 10.2 Å². The number of piperazine rings is 1. The first-order valence-corrected chi connectivity index (χ1v) is 9.36. The Hall–Kier alpha value is -3.61. The molecule has 2 heterocycles. The first kappa shape index (κ1) is 18.7. The monoisotopic (exact) mass is 393 g/mol. The van der Waals surface area contributed by atoms with Gasteiger partial charge in [0.2, 0.25) is 0 Å². The molecule has 1 aliphatic rings. The molecule has 0 saturated carbocycles. The Labute approximate surface area is 167 Å². The normalized spacial score (nSPS) is 14.0. The maximum atomic E-state index is 14.0. The third-order valence-corrected chi connectivity index (χ3v) is 4.91. The summed E-state index contributed by atoms with van der Waals surface area (Å²) in [5.74, 6) is -0.683. The van der Waals surface area contributed by atoms with Crippen LogP contribution in [0.1, 0.15) is 20.9 Å². The van der Waals surface area contributed by atoms with Gasteiger partial charge in [0.1, 0.15) is 5.82 Å². The second-order valence-electron chi connectivity index (χ2n) is 6.71. The van der Waals surface area contributed by atoms with Crippen LogP contribution >= 0.6 is 0 Å². The Bertz CT molecular complexity index is 1010. The summed E-state index contributed by atoms with van der Waals surface area (Å²) in [7, 11) is 0. The lowest BCUT2D eigenvalue weighted by molar-refractivity contribution is 0.0747. The molecule has 7 heteroatoms. The Morgan fingerprint density at radius 3 is 2.34 bits per heavy atom. The number of furan rings is 1. The number of anilines is 2. The minimum Gasteiger partial charge on any atom is -0.459 e. The Kier molecular flexibility index (Phi) is 5.29. The maximum Gasteiger partial charge on any atom is 0.291 e. The average molecular weight is 393 g/mol. The van der Waals surface area contributed by atoms with Crippen LogP contribution in [0.4, 0.5) is 15.8 Å². The Morgan fingerprint density at radius 1 is 0.897 bits per heavy atom. The van der Waals surface area contributed by atoms with E-state index in [0.29, 0.717) is 43.1 Å². The van der Waals surface area contributed by atoms with Gasteiger partial charge in [-0.3, -0.25) is 9.59 Å². The molecule has 6 nitrogen and oxygen atoms in total. The van der Waals surface area contributed by atoms with Crippen molar-refractivity contribution >= 4 is 23.2 Å². The maximum absolute atomic E-state index is 14.0. The highest BCUT2D eigenvalue weighted by atomic mass is 19.1. The highest BCUT2D eigenvalue weighted by Gasteiger charge is 2.25. The molecule has 4 rings (SSSR count). The molecule has 148 valence electrons. The van der Waals surface area contributed by atoms with Crippen LogP contribution in [0.2, 0.25) is 0 Å². The summed E-state index contributed by atoms with van der Waals surface area (Å²) in [5, 5.41) is 2.73. The molecule has 2 aromatic carbocycles. The molecule has 0 unspecified atom stereocenters. The fraction of sp³-hybridized carbons (Fsp3) is 0.182. The molecular formula is C22H20FN3O3. The minimum atomic E-state index is -0.417. The van der Waals surface area contributed by atoms with Gasteiger partial charge in [0.15, 0.2) is 5.76 Å². The predicted molar refractivity (Wildman–Crippen MR) is 108 cm³/mol. The highest BCUT2D eigenvalue weighted by molar-refractivity contribution is 6.07. The molecule has 1 fully saturated rings. The van der Waals surface area contributed by atoms with E-state index in [1.54, 1.807) is 59.5 Å². The first-order valence-electron chi connectivity index (χ1n) is 9.36. The molecule has 1 aromatic heterocycles.